The lowest BCUT2D eigenvalue weighted by Crippen LogP contribution is -2.42. The number of aryl methyl sites for hydroxylation is 2. The standard InChI is InChI=1S/C17H21N3O3S2/c1-11-4-5-13(8-12(11)2)15-18-20(17(24)23-15)10-19-6-7-25-14(9-19)16(21)22-3/h4-5,8,14H,6-7,9-10H2,1-3H3/t14-/m1/s1. The third kappa shape index (κ3) is 4.13. The van der Waals surface area contributed by atoms with Crippen LogP contribution in [0.2, 0.25) is 0 Å². The zero-order valence-electron chi connectivity index (χ0n) is 14.5. The molecule has 6 nitrogen and oxygen atoms in total. The highest BCUT2D eigenvalue weighted by Crippen LogP contribution is 2.23. The van der Waals surface area contributed by atoms with Crippen molar-refractivity contribution in [2.75, 3.05) is 26.0 Å². The van der Waals surface area contributed by atoms with E-state index < -0.39 is 0 Å². The molecular weight excluding hydrogens is 358 g/mol. The summed E-state index contributed by atoms with van der Waals surface area (Å²) < 4.78 is 12.2. The molecule has 0 amide bonds. The summed E-state index contributed by atoms with van der Waals surface area (Å²) in [5, 5.41) is 4.35. The Balaban J connectivity index is 1.75. The highest BCUT2D eigenvalue weighted by atomic mass is 32.2. The van der Waals surface area contributed by atoms with Crippen LogP contribution in [0.5, 0.6) is 0 Å². The number of esters is 1. The SMILES string of the molecule is COC(=O)[C@H]1CN(Cn2nc(-c3ccc(C)c(C)c3)oc2=S)CCS1. The predicted octanol–water partition coefficient (Wildman–Crippen LogP) is 3.04. The molecule has 1 aromatic heterocycles. The van der Waals surface area contributed by atoms with Gasteiger partial charge in [-0.25, -0.2) is 4.68 Å². The van der Waals surface area contributed by atoms with Gasteiger partial charge >= 0.3 is 5.97 Å². The van der Waals surface area contributed by atoms with E-state index >= 15 is 0 Å². The van der Waals surface area contributed by atoms with Crippen molar-refractivity contribution in [2.24, 2.45) is 0 Å². The van der Waals surface area contributed by atoms with Crippen LogP contribution in [0.15, 0.2) is 22.6 Å². The van der Waals surface area contributed by atoms with Crippen LogP contribution in [0, 0.1) is 18.7 Å². The Kier molecular flexibility index (Phi) is 5.61. The smallest absolute Gasteiger partial charge is 0.320 e. The molecule has 0 unspecified atom stereocenters. The van der Waals surface area contributed by atoms with E-state index in [1.165, 1.54) is 18.2 Å². The number of benzene rings is 1. The quantitative estimate of drug-likeness (QED) is 0.598. The zero-order chi connectivity index (χ0) is 18.0. The molecular formula is C17H21N3O3S2. The summed E-state index contributed by atoms with van der Waals surface area (Å²) >= 11 is 6.94. The number of thioether (sulfide) groups is 1. The monoisotopic (exact) mass is 379 g/mol. The molecule has 0 bridgehead atoms. The van der Waals surface area contributed by atoms with E-state index in [0.29, 0.717) is 23.9 Å². The molecule has 2 heterocycles. The van der Waals surface area contributed by atoms with E-state index in [1.807, 2.05) is 18.2 Å². The number of carbonyl (C=O) groups is 1. The molecule has 1 fully saturated rings. The molecule has 25 heavy (non-hydrogen) atoms. The van der Waals surface area contributed by atoms with E-state index in [-0.39, 0.29) is 11.2 Å². The molecule has 3 rings (SSSR count). The average molecular weight is 380 g/mol. The number of methoxy groups -OCH3 is 1. The number of aromatic nitrogens is 2. The Hall–Kier alpha value is -1.64. The van der Waals surface area contributed by atoms with Crippen molar-refractivity contribution in [2.45, 2.75) is 25.8 Å². The molecule has 1 aliphatic rings. The van der Waals surface area contributed by atoms with Gasteiger partial charge < -0.3 is 9.15 Å². The molecule has 134 valence electrons. The normalized spacial score (nSPS) is 18.3. The Morgan fingerprint density at radius 2 is 2.24 bits per heavy atom. The fourth-order valence-electron chi connectivity index (χ4n) is 2.68. The minimum absolute atomic E-state index is 0.168. The van der Waals surface area contributed by atoms with E-state index in [9.17, 15) is 4.79 Å². The van der Waals surface area contributed by atoms with Crippen LogP contribution in [0.4, 0.5) is 0 Å². The predicted molar refractivity (Wildman–Crippen MR) is 100 cm³/mol. The molecule has 1 aliphatic heterocycles. The fraction of sp³-hybridized carbons (Fsp3) is 0.471. The van der Waals surface area contributed by atoms with Crippen LogP contribution >= 0.6 is 24.0 Å². The van der Waals surface area contributed by atoms with Crippen LogP contribution in [-0.4, -0.2) is 51.9 Å². The van der Waals surface area contributed by atoms with Gasteiger partial charge in [0.25, 0.3) is 4.84 Å². The molecule has 0 radical (unpaired) electrons. The molecule has 0 saturated carbocycles. The summed E-state index contributed by atoms with van der Waals surface area (Å²) in [6, 6.07) is 6.08. The third-order valence-electron chi connectivity index (χ3n) is 4.31. The van der Waals surface area contributed by atoms with Gasteiger partial charge in [0, 0.05) is 24.4 Å². The number of hydrogen-bond donors (Lipinski definition) is 0. The minimum atomic E-state index is -0.186. The number of carbonyl (C=O) groups excluding carboxylic acids is 1. The van der Waals surface area contributed by atoms with Crippen LogP contribution in [-0.2, 0) is 16.2 Å². The average Bonchev–Trinajstić information content (AvgIpc) is 2.97. The van der Waals surface area contributed by atoms with Gasteiger partial charge in [0.15, 0.2) is 0 Å². The van der Waals surface area contributed by atoms with Gasteiger partial charge in [-0.05, 0) is 49.3 Å². The first-order valence-electron chi connectivity index (χ1n) is 8.05. The van der Waals surface area contributed by atoms with Gasteiger partial charge in [-0.15, -0.1) is 16.9 Å². The second-order valence-electron chi connectivity index (χ2n) is 6.07. The molecule has 1 saturated heterocycles. The summed E-state index contributed by atoms with van der Waals surface area (Å²) in [6.45, 7) is 6.11. The molecule has 8 heteroatoms. The van der Waals surface area contributed by atoms with Crippen molar-refractivity contribution in [1.82, 2.24) is 14.7 Å². The number of ether oxygens (including phenoxy) is 1. The largest absolute Gasteiger partial charge is 0.468 e. The Labute approximate surface area is 156 Å². The van der Waals surface area contributed by atoms with Gasteiger partial charge in [-0.3, -0.25) is 9.69 Å². The van der Waals surface area contributed by atoms with E-state index in [2.05, 4.69) is 23.8 Å². The zero-order valence-corrected chi connectivity index (χ0v) is 16.2. The van der Waals surface area contributed by atoms with Crippen LogP contribution < -0.4 is 0 Å². The van der Waals surface area contributed by atoms with Gasteiger partial charge in [-0.1, -0.05) is 6.07 Å². The van der Waals surface area contributed by atoms with Crippen molar-refractivity contribution in [3.8, 4) is 11.5 Å². The molecule has 1 atom stereocenters. The van der Waals surface area contributed by atoms with Crippen molar-refractivity contribution in [3.05, 3.63) is 34.2 Å². The van der Waals surface area contributed by atoms with E-state index in [4.69, 9.17) is 21.4 Å². The molecule has 1 aromatic carbocycles. The fourth-order valence-corrected chi connectivity index (χ4v) is 4.06. The summed E-state index contributed by atoms with van der Waals surface area (Å²) in [7, 11) is 1.42. The van der Waals surface area contributed by atoms with Crippen LogP contribution in [0.25, 0.3) is 11.5 Å². The van der Waals surface area contributed by atoms with Crippen molar-refractivity contribution in [3.63, 3.8) is 0 Å². The Morgan fingerprint density at radius 3 is 2.96 bits per heavy atom. The maximum absolute atomic E-state index is 11.7. The minimum Gasteiger partial charge on any atom is -0.468 e. The number of nitrogens with zero attached hydrogens (tertiary/aromatic N) is 3. The number of hydrogen-bond acceptors (Lipinski definition) is 7. The van der Waals surface area contributed by atoms with Crippen molar-refractivity contribution in [1.29, 1.82) is 0 Å². The third-order valence-corrected chi connectivity index (χ3v) is 5.76. The topological polar surface area (TPSA) is 60.5 Å². The summed E-state index contributed by atoms with van der Waals surface area (Å²) in [5.74, 6) is 1.20. The molecule has 0 spiro atoms. The second-order valence-corrected chi connectivity index (χ2v) is 7.73. The number of rotatable bonds is 4. The maximum atomic E-state index is 11.7. The summed E-state index contributed by atoms with van der Waals surface area (Å²) in [4.78, 5) is 14.2. The lowest BCUT2D eigenvalue weighted by molar-refractivity contribution is -0.140. The Morgan fingerprint density at radius 1 is 1.44 bits per heavy atom. The van der Waals surface area contributed by atoms with E-state index in [0.717, 1.165) is 17.9 Å². The second kappa shape index (κ2) is 7.72. The van der Waals surface area contributed by atoms with E-state index in [1.54, 1.807) is 16.4 Å². The first-order valence-corrected chi connectivity index (χ1v) is 9.51. The lowest BCUT2D eigenvalue weighted by Gasteiger charge is -2.30. The van der Waals surface area contributed by atoms with Gasteiger partial charge in [0.2, 0.25) is 5.89 Å². The summed E-state index contributed by atoms with van der Waals surface area (Å²) in [6.07, 6.45) is 0. The molecule has 0 aliphatic carbocycles. The first-order chi connectivity index (χ1) is 12.0. The maximum Gasteiger partial charge on any atom is 0.320 e. The first kappa shape index (κ1) is 18.2. The van der Waals surface area contributed by atoms with Crippen molar-refractivity contribution < 1.29 is 13.9 Å². The molecule has 2 aromatic rings. The lowest BCUT2D eigenvalue weighted by atomic mass is 10.1. The summed E-state index contributed by atoms with van der Waals surface area (Å²) in [5.41, 5.74) is 3.32. The van der Waals surface area contributed by atoms with Crippen LogP contribution in [0.1, 0.15) is 11.1 Å². The Bertz CT molecular complexity index is 831. The van der Waals surface area contributed by atoms with Gasteiger partial charge in [0.1, 0.15) is 5.25 Å². The van der Waals surface area contributed by atoms with Gasteiger partial charge in [-0.2, -0.15) is 0 Å². The van der Waals surface area contributed by atoms with Crippen molar-refractivity contribution >= 4 is 29.9 Å². The highest BCUT2D eigenvalue weighted by molar-refractivity contribution is 8.00. The molecule has 0 N–H and O–H groups in total. The highest BCUT2D eigenvalue weighted by Gasteiger charge is 2.27. The van der Waals surface area contributed by atoms with Gasteiger partial charge in [0.05, 0.1) is 13.8 Å². The van der Waals surface area contributed by atoms with Crippen LogP contribution in [0.3, 0.4) is 0 Å².